The summed E-state index contributed by atoms with van der Waals surface area (Å²) in [6.45, 7) is 5.67. The van der Waals surface area contributed by atoms with E-state index in [1.54, 1.807) is 6.92 Å². The standard InChI is InChI=1S/C24H46N8O5/c1-14(2)10-18(20(35)11-16(21(25)36)7-5-9-31-24(28)29)32-22(37)17(13-33)12-19(34)15(3)6-4-8-30-23(26)27/h14-18,33H,4-13H2,1-3H3,(H2,25,36)(H,32,37)(H4,26,27,30)(H4,28,29,31)/t15-,16+,17-,18-/m0/s1. The molecule has 0 aromatic heterocycles. The van der Waals surface area contributed by atoms with Crippen LogP contribution in [0.4, 0.5) is 0 Å². The summed E-state index contributed by atoms with van der Waals surface area (Å²) in [7, 11) is 0. The van der Waals surface area contributed by atoms with Gasteiger partial charge in [-0.1, -0.05) is 20.8 Å². The van der Waals surface area contributed by atoms with Gasteiger partial charge in [-0.3, -0.25) is 29.2 Å². The fourth-order valence-electron chi connectivity index (χ4n) is 3.76. The first-order chi connectivity index (χ1) is 17.3. The number of primary amides is 1. The zero-order valence-corrected chi connectivity index (χ0v) is 22.3. The number of nitrogens with zero attached hydrogens (tertiary/aromatic N) is 2. The van der Waals surface area contributed by atoms with Gasteiger partial charge in [0.1, 0.15) is 5.78 Å². The van der Waals surface area contributed by atoms with Crippen LogP contribution >= 0.6 is 0 Å². The molecule has 4 atom stereocenters. The lowest BCUT2D eigenvalue weighted by atomic mass is 9.89. The number of carbonyl (C=O) groups excluding carboxylic acids is 4. The van der Waals surface area contributed by atoms with Gasteiger partial charge in [0.25, 0.3) is 0 Å². The van der Waals surface area contributed by atoms with Crippen molar-refractivity contribution in [3.8, 4) is 0 Å². The summed E-state index contributed by atoms with van der Waals surface area (Å²) in [4.78, 5) is 58.2. The van der Waals surface area contributed by atoms with Gasteiger partial charge in [0.15, 0.2) is 17.7 Å². The Morgan fingerprint density at radius 1 is 0.784 bits per heavy atom. The summed E-state index contributed by atoms with van der Waals surface area (Å²) in [6, 6.07) is -0.881. The normalized spacial score (nSPS) is 14.2. The summed E-state index contributed by atoms with van der Waals surface area (Å²) in [6.07, 6.45) is 1.92. The minimum atomic E-state index is -0.998. The topological polar surface area (TPSA) is 255 Å². The van der Waals surface area contributed by atoms with Crippen LogP contribution < -0.4 is 34.0 Å². The monoisotopic (exact) mass is 526 g/mol. The second-order valence-electron chi connectivity index (χ2n) is 9.81. The third-order valence-electron chi connectivity index (χ3n) is 5.95. The molecule has 0 saturated carbocycles. The highest BCUT2D eigenvalue weighted by Crippen LogP contribution is 2.18. The Morgan fingerprint density at radius 2 is 1.30 bits per heavy atom. The molecular weight excluding hydrogens is 480 g/mol. The van der Waals surface area contributed by atoms with Crippen molar-refractivity contribution in [3.05, 3.63) is 0 Å². The molecule has 37 heavy (non-hydrogen) atoms. The number of hydrogen-bond acceptors (Lipinski definition) is 7. The zero-order chi connectivity index (χ0) is 28.5. The molecule has 13 heteroatoms. The number of hydrogen-bond donors (Lipinski definition) is 7. The van der Waals surface area contributed by atoms with E-state index in [1.807, 2.05) is 13.8 Å². The van der Waals surface area contributed by atoms with Crippen molar-refractivity contribution in [3.63, 3.8) is 0 Å². The first-order valence-corrected chi connectivity index (χ1v) is 12.6. The van der Waals surface area contributed by atoms with Gasteiger partial charge in [-0.15, -0.1) is 0 Å². The number of nitrogens with two attached hydrogens (primary N) is 5. The second kappa shape index (κ2) is 18.1. The maximum Gasteiger partial charge on any atom is 0.226 e. The van der Waals surface area contributed by atoms with Crippen molar-refractivity contribution in [1.29, 1.82) is 0 Å². The Balaban J connectivity index is 5.16. The highest BCUT2D eigenvalue weighted by molar-refractivity contribution is 5.94. The summed E-state index contributed by atoms with van der Waals surface area (Å²) >= 11 is 0. The zero-order valence-electron chi connectivity index (χ0n) is 22.3. The number of ketones is 2. The lowest BCUT2D eigenvalue weighted by Gasteiger charge is -2.24. The van der Waals surface area contributed by atoms with Gasteiger partial charge in [0.2, 0.25) is 11.8 Å². The Labute approximate surface area is 219 Å². The number of rotatable bonds is 20. The van der Waals surface area contributed by atoms with Gasteiger partial charge >= 0.3 is 0 Å². The van der Waals surface area contributed by atoms with Crippen molar-refractivity contribution in [1.82, 2.24) is 5.32 Å². The third-order valence-corrected chi connectivity index (χ3v) is 5.95. The third kappa shape index (κ3) is 15.5. The molecule has 0 heterocycles. The largest absolute Gasteiger partial charge is 0.396 e. The Bertz CT molecular complexity index is 807. The number of amides is 2. The van der Waals surface area contributed by atoms with Crippen molar-refractivity contribution in [2.24, 2.45) is 62.3 Å². The first-order valence-electron chi connectivity index (χ1n) is 12.6. The number of Topliss-reactive ketones (excluding diaryl/α,β-unsaturated/α-hetero) is 2. The van der Waals surface area contributed by atoms with E-state index in [2.05, 4.69) is 15.3 Å². The van der Waals surface area contributed by atoms with Gasteiger partial charge in [-0.2, -0.15) is 0 Å². The van der Waals surface area contributed by atoms with Crippen LogP contribution in [0.15, 0.2) is 9.98 Å². The molecule has 0 aromatic rings. The van der Waals surface area contributed by atoms with E-state index in [1.165, 1.54) is 0 Å². The van der Waals surface area contributed by atoms with E-state index in [0.29, 0.717) is 45.2 Å². The summed E-state index contributed by atoms with van der Waals surface area (Å²) in [5.74, 6) is -3.85. The molecule has 0 rings (SSSR count). The van der Waals surface area contributed by atoms with Crippen LogP contribution in [0, 0.1) is 23.7 Å². The molecule has 0 bridgehead atoms. The van der Waals surface area contributed by atoms with Crippen LogP contribution in [-0.2, 0) is 19.2 Å². The van der Waals surface area contributed by atoms with Crippen molar-refractivity contribution < 1.29 is 24.3 Å². The molecule has 0 aliphatic heterocycles. The van der Waals surface area contributed by atoms with E-state index in [4.69, 9.17) is 28.7 Å². The number of aliphatic hydroxyl groups is 1. The average molecular weight is 527 g/mol. The van der Waals surface area contributed by atoms with Gasteiger partial charge < -0.3 is 39.1 Å². The SMILES string of the molecule is CC(C)C[C@H](NC(=O)[C@H](CO)CC(=O)[C@@H](C)CCCN=C(N)N)C(=O)C[C@@H](CCCN=C(N)N)C(N)=O. The van der Waals surface area contributed by atoms with Crippen molar-refractivity contribution in [2.45, 2.75) is 71.8 Å². The minimum Gasteiger partial charge on any atom is -0.396 e. The smallest absolute Gasteiger partial charge is 0.226 e. The van der Waals surface area contributed by atoms with Crippen LogP contribution in [0.1, 0.15) is 65.7 Å². The highest BCUT2D eigenvalue weighted by Gasteiger charge is 2.30. The molecule has 0 saturated heterocycles. The molecule has 0 aliphatic rings. The van der Waals surface area contributed by atoms with Crippen molar-refractivity contribution >= 4 is 35.3 Å². The second-order valence-corrected chi connectivity index (χ2v) is 9.81. The van der Waals surface area contributed by atoms with E-state index in [-0.39, 0.29) is 48.2 Å². The number of nitrogens with one attached hydrogen (secondary N) is 1. The number of guanidine groups is 2. The molecular formula is C24H46N8O5. The summed E-state index contributed by atoms with van der Waals surface area (Å²) in [5, 5.41) is 12.5. The van der Waals surface area contributed by atoms with Crippen LogP contribution in [0.25, 0.3) is 0 Å². The number of aliphatic imine (C=N–C) groups is 2. The minimum absolute atomic E-state index is 0.0189. The molecule has 0 spiro atoms. The van der Waals surface area contributed by atoms with E-state index >= 15 is 0 Å². The molecule has 0 fully saturated rings. The molecule has 0 aromatic carbocycles. The molecule has 13 nitrogen and oxygen atoms in total. The molecule has 212 valence electrons. The highest BCUT2D eigenvalue weighted by atomic mass is 16.3. The van der Waals surface area contributed by atoms with Gasteiger partial charge in [-0.05, 0) is 38.0 Å². The maximum atomic E-state index is 13.1. The van der Waals surface area contributed by atoms with Gasteiger partial charge in [0.05, 0.1) is 18.6 Å². The molecule has 2 amide bonds. The molecule has 0 unspecified atom stereocenters. The summed E-state index contributed by atoms with van der Waals surface area (Å²) < 4.78 is 0. The van der Waals surface area contributed by atoms with E-state index in [9.17, 15) is 24.3 Å². The van der Waals surface area contributed by atoms with Crippen LogP contribution in [-0.4, -0.2) is 66.1 Å². The maximum absolute atomic E-state index is 13.1. The Kier molecular flexibility index (Phi) is 16.5. The van der Waals surface area contributed by atoms with Crippen LogP contribution in [0.2, 0.25) is 0 Å². The predicted octanol–water partition coefficient (Wildman–Crippen LogP) is -1.11. The first kappa shape index (κ1) is 33.8. The number of carbonyl (C=O) groups is 4. The molecule has 12 N–H and O–H groups in total. The fraction of sp³-hybridized carbons (Fsp3) is 0.750. The van der Waals surface area contributed by atoms with Crippen LogP contribution in [0.5, 0.6) is 0 Å². The van der Waals surface area contributed by atoms with Crippen LogP contribution in [0.3, 0.4) is 0 Å². The Hall–Kier alpha value is -3.22. The van der Waals surface area contributed by atoms with E-state index < -0.39 is 36.3 Å². The lowest BCUT2D eigenvalue weighted by Crippen LogP contribution is -2.46. The Morgan fingerprint density at radius 3 is 1.76 bits per heavy atom. The van der Waals surface area contributed by atoms with Gasteiger partial charge in [0, 0.05) is 37.8 Å². The number of aliphatic hydroxyl groups excluding tert-OH is 1. The summed E-state index contributed by atoms with van der Waals surface area (Å²) in [5.41, 5.74) is 26.6. The lowest BCUT2D eigenvalue weighted by molar-refractivity contribution is -0.135. The fourth-order valence-corrected chi connectivity index (χ4v) is 3.76. The van der Waals surface area contributed by atoms with Gasteiger partial charge in [-0.25, -0.2) is 0 Å². The quantitative estimate of drug-likeness (QED) is 0.0575. The van der Waals surface area contributed by atoms with Crippen molar-refractivity contribution in [2.75, 3.05) is 19.7 Å². The molecule has 0 aliphatic carbocycles. The predicted molar refractivity (Wildman–Crippen MR) is 143 cm³/mol. The van der Waals surface area contributed by atoms with E-state index in [0.717, 1.165) is 0 Å². The molecule has 0 radical (unpaired) electrons. The average Bonchev–Trinajstić information content (AvgIpc) is 2.80.